The summed E-state index contributed by atoms with van der Waals surface area (Å²) in [5.41, 5.74) is 2.21. The molecule has 0 aromatic heterocycles. The van der Waals surface area contributed by atoms with E-state index in [1.165, 1.54) is 5.56 Å². The second kappa shape index (κ2) is 8.38. The number of carbonyl (C=O) groups excluding carboxylic acids is 1. The zero-order valence-corrected chi connectivity index (χ0v) is 13.4. The number of hydrogen-bond donors (Lipinski definition) is 0. The van der Waals surface area contributed by atoms with Crippen LogP contribution < -0.4 is 0 Å². The number of carbonyl (C=O) groups is 1. The molecule has 0 radical (unpaired) electrons. The van der Waals surface area contributed by atoms with Crippen LogP contribution in [0.25, 0.3) is 0 Å². The predicted octanol–water partition coefficient (Wildman–Crippen LogP) is 4.63. The molecule has 0 aliphatic heterocycles. The minimum atomic E-state index is -0.0959. The van der Waals surface area contributed by atoms with E-state index in [1.54, 1.807) is 0 Å². The van der Waals surface area contributed by atoms with E-state index >= 15 is 0 Å². The molecular formula is C20H24O2. The number of rotatable bonds is 7. The maximum absolute atomic E-state index is 12.4. The maximum Gasteiger partial charge on any atom is 0.309 e. The first-order valence-corrected chi connectivity index (χ1v) is 7.89. The molecule has 0 spiro atoms. The Morgan fingerprint density at radius 2 is 1.45 bits per heavy atom. The Morgan fingerprint density at radius 1 is 0.909 bits per heavy atom. The lowest BCUT2D eigenvalue weighted by Crippen LogP contribution is -2.22. The minimum Gasteiger partial charge on any atom is -0.461 e. The quantitative estimate of drug-likeness (QED) is 0.696. The molecule has 116 valence electrons. The molecule has 0 aliphatic carbocycles. The minimum absolute atomic E-state index is 0.0777. The molecule has 1 atom stereocenters. The van der Waals surface area contributed by atoms with E-state index in [2.05, 4.69) is 26.0 Å². The van der Waals surface area contributed by atoms with Crippen LogP contribution in [-0.2, 0) is 22.6 Å². The van der Waals surface area contributed by atoms with Gasteiger partial charge in [0.2, 0.25) is 0 Å². The standard InChI is InChI=1S/C20H24O2/c1-16(2)13-19(14-17-9-5-3-6-10-17)20(21)22-15-18-11-7-4-8-12-18/h3-12,16,19H,13-15H2,1-2H3. The van der Waals surface area contributed by atoms with Gasteiger partial charge < -0.3 is 4.74 Å². The van der Waals surface area contributed by atoms with E-state index in [0.717, 1.165) is 18.4 Å². The lowest BCUT2D eigenvalue weighted by Gasteiger charge is -2.18. The molecule has 0 aliphatic rings. The maximum atomic E-state index is 12.4. The Morgan fingerprint density at radius 3 is 2.00 bits per heavy atom. The van der Waals surface area contributed by atoms with Crippen LogP contribution in [0.15, 0.2) is 60.7 Å². The summed E-state index contributed by atoms with van der Waals surface area (Å²) in [5.74, 6) is 0.297. The van der Waals surface area contributed by atoms with E-state index in [0.29, 0.717) is 12.5 Å². The van der Waals surface area contributed by atoms with E-state index in [9.17, 15) is 4.79 Å². The van der Waals surface area contributed by atoms with Gasteiger partial charge in [0.1, 0.15) is 6.61 Å². The lowest BCUT2D eigenvalue weighted by molar-refractivity contribution is -0.150. The molecule has 2 heteroatoms. The fraction of sp³-hybridized carbons (Fsp3) is 0.350. The molecule has 0 bridgehead atoms. The van der Waals surface area contributed by atoms with Gasteiger partial charge in [0.05, 0.1) is 5.92 Å². The first-order chi connectivity index (χ1) is 10.6. The summed E-state index contributed by atoms with van der Waals surface area (Å²) in [4.78, 5) is 12.4. The van der Waals surface area contributed by atoms with Gasteiger partial charge in [0.15, 0.2) is 0 Å². The number of benzene rings is 2. The normalized spacial score (nSPS) is 12.1. The van der Waals surface area contributed by atoms with Crippen molar-refractivity contribution >= 4 is 5.97 Å². The molecule has 22 heavy (non-hydrogen) atoms. The highest BCUT2D eigenvalue weighted by molar-refractivity contribution is 5.72. The highest BCUT2D eigenvalue weighted by Gasteiger charge is 2.21. The van der Waals surface area contributed by atoms with Crippen molar-refractivity contribution in [1.29, 1.82) is 0 Å². The van der Waals surface area contributed by atoms with E-state index in [4.69, 9.17) is 4.74 Å². The average Bonchev–Trinajstić information content (AvgIpc) is 2.53. The molecule has 2 rings (SSSR count). The van der Waals surface area contributed by atoms with Gasteiger partial charge in [-0.1, -0.05) is 74.5 Å². The van der Waals surface area contributed by atoms with Crippen molar-refractivity contribution in [3.63, 3.8) is 0 Å². The van der Waals surface area contributed by atoms with Gasteiger partial charge in [0, 0.05) is 0 Å². The summed E-state index contributed by atoms with van der Waals surface area (Å²) in [7, 11) is 0. The summed E-state index contributed by atoms with van der Waals surface area (Å²) in [6, 6.07) is 20.0. The Labute approximate surface area is 133 Å². The van der Waals surface area contributed by atoms with Crippen LogP contribution in [0.1, 0.15) is 31.4 Å². The van der Waals surface area contributed by atoms with Crippen molar-refractivity contribution in [3.05, 3.63) is 71.8 Å². The first kappa shape index (κ1) is 16.3. The van der Waals surface area contributed by atoms with Crippen molar-refractivity contribution in [2.75, 3.05) is 0 Å². The molecule has 0 saturated heterocycles. The van der Waals surface area contributed by atoms with Gasteiger partial charge >= 0.3 is 5.97 Å². The van der Waals surface area contributed by atoms with Crippen LogP contribution in [-0.4, -0.2) is 5.97 Å². The van der Waals surface area contributed by atoms with Crippen LogP contribution in [0.3, 0.4) is 0 Å². The largest absolute Gasteiger partial charge is 0.461 e. The fourth-order valence-electron chi connectivity index (χ4n) is 2.58. The Kier molecular flexibility index (Phi) is 6.20. The molecule has 0 N–H and O–H groups in total. The van der Waals surface area contributed by atoms with Gasteiger partial charge in [-0.15, -0.1) is 0 Å². The van der Waals surface area contributed by atoms with Crippen LogP contribution in [0.4, 0.5) is 0 Å². The Hall–Kier alpha value is -2.09. The van der Waals surface area contributed by atoms with Crippen molar-refractivity contribution in [2.24, 2.45) is 11.8 Å². The highest BCUT2D eigenvalue weighted by atomic mass is 16.5. The van der Waals surface area contributed by atoms with Gasteiger partial charge in [0.25, 0.3) is 0 Å². The molecule has 1 unspecified atom stereocenters. The van der Waals surface area contributed by atoms with E-state index in [1.807, 2.05) is 48.5 Å². The smallest absolute Gasteiger partial charge is 0.309 e. The third kappa shape index (κ3) is 5.36. The number of esters is 1. The molecule has 2 aromatic rings. The van der Waals surface area contributed by atoms with Crippen LogP contribution in [0.5, 0.6) is 0 Å². The van der Waals surface area contributed by atoms with Crippen molar-refractivity contribution in [1.82, 2.24) is 0 Å². The number of hydrogen-bond acceptors (Lipinski definition) is 2. The SMILES string of the molecule is CC(C)CC(Cc1ccccc1)C(=O)OCc1ccccc1. The third-order valence-corrected chi connectivity index (χ3v) is 3.64. The van der Waals surface area contributed by atoms with Crippen molar-refractivity contribution in [2.45, 2.75) is 33.3 Å². The lowest BCUT2D eigenvalue weighted by atomic mass is 9.91. The first-order valence-electron chi connectivity index (χ1n) is 7.89. The molecular weight excluding hydrogens is 272 g/mol. The Bertz CT molecular complexity index is 561. The highest BCUT2D eigenvalue weighted by Crippen LogP contribution is 2.19. The van der Waals surface area contributed by atoms with Gasteiger partial charge in [-0.3, -0.25) is 4.79 Å². The number of ether oxygens (including phenoxy) is 1. The van der Waals surface area contributed by atoms with Gasteiger partial charge in [-0.05, 0) is 29.9 Å². The van der Waals surface area contributed by atoms with E-state index in [-0.39, 0.29) is 11.9 Å². The van der Waals surface area contributed by atoms with Crippen LogP contribution in [0, 0.1) is 11.8 Å². The van der Waals surface area contributed by atoms with Crippen LogP contribution >= 0.6 is 0 Å². The second-order valence-electron chi connectivity index (χ2n) is 6.11. The third-order valence-electron chi connectivity index (χ3n) is 3.64. The predicted molar refractivity (Wildman–Crippen MR) is 89.3 cm³/mol. The molecule has 0 fully saturated rings. The van der Waals surface area contributed by atoms with Gasteiger partial charge in [-0.2, -0.15) is 0 Å². The summed E-state index contributed by atoms with van der Waals surface area (Å²) in [5, 5.41) is 0. The van der Waals surface area contributed by atoms with Gasteiger partial charge in [-0.25, -0.2) is 0 Å². The van der Waals surface area contributed by atoms with Crippen LogP contribution in [0.2, 0.25) is 0 Å². The van der Waals surface area contributed by atoms with E-state index < -0.39 is 0 Å². The topological polar surface area (TPSA) is 26.3 Å². The molecule has 0 amide bonds. The monoisotopic (exact) mass is 296 g/mol. The fourth-order valence-corrected chi connectivity index (χ4v) is 2.58. The molecule has 2 nitrogen and oxygen atoms in total. The summed E-state index contributed by atoms with van der Waals surface area (Å²) in [6.45, 7) is 4.63. The second-order valence-corrected chi connectivity index (χ2v) is 6.11. The molecule has 2 aromatic carbocycles. The molecule has 0 saturated carbocycles. The summed E-state index contributed by atoms with van der Waals surface area (Å²) < 4.78 is 5.52. The zero-order chi connectivity index (χ0) is 15.8. The summed E-state index contributed by atoms with van der Waals surface area (Å²) in [6.07, 6.45) is 1.59. The molecule has 0 heterocycles. The Balaban J connectivity index is 1.96. The zero-order valence-electron chi connectivity index (χ0n) is 13.4. The van der Waals surface area contributed by atoms with Crippen molar-refractivity contribution in [3.8, 4) is 0 Å². The average molecular weight is 296 g/mol. The van der Waals surface area contributed by atoms with Crippen molar-refractivity contribution < 1.29 is 9.53 Å². The summed E-state index contributed by atoms with van der Waals surface area (Å²) >= 11 is 0.